The molecule has 1 atom stereocenters. The van der Waals surface area contributed by atoms with Gasteiger partial charge in [-0.25, -0.2) is 9.07 Å². The number of fused-ring (bicyclic) bond motifs is 1. The highest BCUT2D eigenvalue weighted by atomic mass is 19.1. The summed E-state index contributed by atoms with van der Waals surface area (Å²) in [6.07, 6.45) is 3.61. The molecule has 4 nitrogen and oxygen atoms in total. The molecule has 5 heteroatoms. The van der Waals surface area contributed by atoms with Crippen molar-refractivity contribution >= 4 is 11.6 Å². The van der Waals surface area contributed by atoms with Crippen LogP contribution in [0.1, 0.15) is 17.2 Å². The largest absolute Gasteiger partial charge is 0.324 e. The minimum Gasteiger partial charge on any atom is -0.324 e. The normalized spacial score (nSPS) is 15.5. The average Bonchev–Trinajstić information content (AvgIpc) is 3.23. The number of hydrogen-bond acceptors (Lipinski definition) is 3. The molecular formula is C23H17FN4. The van der Waals surface area contributed by atoms with Gasteiger partial charge in [0.15, 0.2) is 0 Å². The molecule has 0 saturated heterocycles. The Morgan fingerprint density at radius 1 is 0.786 bits per heavy atom. The summed E-state index contributed by atoms with van der Waals surface area (Å²) in [4.78, 5) is 4.32. The maximum atomic E-state index is 13.3. The Balaban J connectivity index is 1.52. The van der Waals surface area contributed by atoms with Gasteiger partial charge in [0, 0.05) is 5.70 Å². The van der Waals surface area contributed by atoms with E-state index < -0.39 is 0 Å². The highest BCUT2D eigenvalue weighted by Crippen LogP contribution is 2.32. The van der Waals surface area contributed by atoms with Crippen LogP contribution >= 0.6 is 0 Å². The number of anilines is 1. The predicted molar refractivity (Wildman–Crippen MR) is 108 cm³/mol. The molecule has 0 amide bonds. The van der Waals surface area contributed by atoms with Gasteiger partial charge in [-0.05, 0) is 40.5 Å². The van der Waals surface area contributed by atoms with Gasteiger partial charge < -0.3 is 5.32 Å². The van der Waals surface area contributed by atoms with Gasteiger partial charge in [0.05, 0.1) is 0 Å². The molecule has 1 N–H and O–H groups in total. The summed E-state index contributed by atoms with van der Waals surface area (Å²) >= 11 is 0. The molecule has 1 aromatic heterocycles. The average molecular weight is 368 g/mol. The second-order valence-electron chi connectivity index (χ2n) is 6.67. The lowest BCUT2D eigenvalue weighted by molar-refractivity contribution is 0.603. The number of benzene rings is 3. The number of halogens is 1. The molecule has 0 bridgehead atoms. The fraction of sp³-hybridized carbons (Fsp3) is 0.0435. The Morgan fingerprint density at radius 3 is 2.21 bits per heavy atom. The Labute approximate surface area is 162 Å². The standard InChI is InChI=1S/C23H17FN4/c24-20-12-10-19(11-13-20)22-14-21(27-23-25-15-26-28(22)23)18-8-6-17(7-9-18)16-4-2-1-3-5-16/h1-15,22H,(H,25,26,27)/t22-/m1/s1. The van der Waals surface area contributed by atoms with Gasteiger partial charge in [0.25, 0.3) is 0 Å². The summed E-state index contributed by atoms with van der Waals surface area (Å²) in [7, 11) is 0. The molecule has 1 aliphatic rings. The van der Waals surface area contributed by atoms with E-state index in [0.29, 0.717) is 5.95 Å². The monoisotopic (exact) mass is 368 g/mol. The van der Waals surface area contributed by atoms with E-state index in [0.717, 1.165) is 16.8 Å². The molecule has 5 rings (SSSR count). The molecule has 1 aliphatic heterocycles. The lowest BCUT2D eigenvalue weighted by Gasteiger charge is -2.24. The Hall–Kier alpha value is -3.73. The molecule has 4 aromatic rings. The van der Waals surface area contributed by atoms with Crippen molar-refractivity contribution in [1.82, 2.24) is 14.8 Å². The van der Waals surface area contributed by atoms with Crippen molar-refractivity contribution < 1.29 is 4.39 Å². The molecule has 0 spiro atoms. The van der Waals surface area contributed by atoms with Crippen LogP contribution in [0.4, 0.5) is 10.3 Å². The number of nitrogens with zero attached hydrogens (tertiary/aromatic N) is 3. The minimum absolute atomic E-state index is 0.150. The van der Waals surface area contributed by atoms with E-state index in [2.05, 4.69) is 57.9 Å². The number of nitrogens with one attached hydrogen (secondary N) is 1. The van der Waals surface area contributed by atoms with Crippen molar-refractivity contribution in [2.45, 2.75) is 6.04 Å². The van der Waals surface area contributed by atoms with E-state index in [1.165, 1.54) is 29.6 Å². The number of hydrogen-bond donors (Lipinski definition) is 1. The van der Waals surface area contributed by atoms with E-state index in [4.69, 9.17) is 0 Å². The summed E-state index contributed by atoms with van der Waals surface area (Å²) in [5.41, 5.74) is 5.31. The van der Waals surface area contributed by atoms with Gasteiger partial charge in [0.2, 0.25) is 5.95 Å². The molecular weight excluding hydrogens is 351 g/mol. The van der Waals surface area contributed by atoms with Crippen LogP contribution in [0.15, 0.2) is 91.3 Å². The van der Waals surface area contributed by atoms with Crippen LogP contribution in [-0.2, 0) is 0 Å². The molecule has 28 heavy (non-hydrogen) atoms. The summed E-state index contributed by atoms with van der Waals surface area (Å²) in [6, 6.07) is 25.0. The lowest BCUT2D eigenvalue weighted by atomic mass is 9.99. The molecule has 2 heterocycles. The maximum absolute atomic E-state index is 13.3. The number of aromatic nitrogens is 3. The van der Waals surface area contributed by atoms with Crippen molar-refractivity contribution in [3.8, 4) is 11.1 Å². The quantitative estimate of drug-likeness (QED) is 0.544. The molecule has 136 valence electrons. The first-order chi connectivity index (χ1) is 13.8. The topological polar surface area (TPSA) is 42.7 Å². The van der Waals surface area contributed by atoms with Gasteiger partial charge in [-0.1, -0.05) is 66.7 Å². The molecule has 0 aliphatic carbocycles. The van der Waals surface area contributed by atoms with Gasteiger partial charge >= 0.3 is 0 Å². The fourth-order valence-corrected chi connectivity index (χ4v) is 3.47. The first kappa shape index (κ1) is 16.4. The van der Waals surface area contributed by atoms with Crippen LogP contribution in [-0.4, -0.2) is 14.8 Å². The number of allylic oxidation sites excluding steroid dienone is 1. The van der Waals surface area contributed by atoms with Gasteiger partial charge in [-0.2, -0.15) is 10.1 Å². The molecule has 0 fully saturated rings. The van der Waals surface area contributed by atoms with Crippen molar-refractivity contribution in [3.63, 3.8) is 0 Å². The molecule has 3 aromatic carbocycles. The summed E-state index contributed by atoms with van der Waals surface area (Å²) < 4.78 is 15.1. The smallest absolute Gasteiger partial charge is 0.226 e. The summed E-state index contributed by atoms with van der Waals surface area (Å²) in [5.74, 6) is 0.413. The predicted octanol–water partition coefficient (Wildman–Crippen LogP) is 5.14. The van der Waals surface area contributed by atoms with Crippen molar-refractivity contribution in [2.24, 2.45) is 0 Å². The summed E-state index contributed by atoms with van der Waals surface area (Å²) in [5, 5.41) is 7.66. The highest BCUT2D eigenvalue weighted by molar-refractivity contribution is 5.78. The minimum atomic E-state index is -0.253. The van der Waals surface area contributed by atoms with Crippen LogP contribution < -0.4 is 5.32 Å². The Kier molecular flexibility index (Phi) is 3.98. The number of rotatable bonds is 3. The van der Waals surface area contributed by atoms with Crippen LogP contribution in [0.2, 0.25) is 0 Å². The highest BCUT2D eigenvalue weighted by Gasteiger charge is 2.23. The van der Waals surface area contributed by atoms with Crippen LogP contribution in [0.3, 0.4) is 0 Å². The maximum Gasteiger partial charge on any atom is 0.226 e. The van der Waals surface area contributed by atoms with Crippen molar-refractivity contribution in [2.75, 3.05) is 5.32 Å². The SMILES string of the molecule is Fc1ccc([C@H]2C=C(c3ccc(-c4ccccc4)cc3)Nc3ncnn32)cc1. The third kappa shape index (κ3) is 2.97. The first-order valence-corrected chi connectivity index (χ1v) is 9.07. The molecule has 0 saturated carbocycles. The Morgan fingerprint density at radius 2 is 1.46 bits per heavy atom. The Bertz CT molecular complexity index is 1130. The van der Waals surface area contributed by atoms with E-state index in [9.17, 15) is 4.39 Å². The van der Waals surface area contributed by atoms with Crippen LogP contribution in [0.25, 0.3) is 16.8 Å². The zero-order chi connectivity index (χ0) is 18.9. The van der Waals surface area contributed by atoms with Gasteiger partial charge in [0.1, 0.15) is 18.2 Å². The summed E-state index contributed by atoms with van der Waals surface area (Å²) in [6.45, 7) is 0. The van der Waals surface area contributed by atoms with Gasteiger partial charge in [-0.15, -0.1) is 0 Å². The van der Waals surface area contributed by atoms with E-state index >= 15 is 0 Å². The van der Waals surface area contributed by atoms with E-state index in [1.807, 2.05) is 18.2 Å². The third-order valence-corrected chi connectivity index (χ3v) is 4.92. The fourth-order valence-electron chi connectivity index (χ4n) is 3.47. The lowest BCUT2D eigenvalue weighted by Crippen LogP contribution is -2.20. The second kappa shape index (κ2) is 6.78. The van der Waals surface area contributed by atoms with Crippen molar-refractivity contribution in [1.29, 1.82) is 0 Å². The van der Waals surface area contributed by atoms with Crippen LogP contribution in [0.5, 0.6) is 0 Å². The van der Waals surface area contributed by atoms with E-state index in [-0.39, 0.29) is 11.9 Å². The zero-order valence-corrected chi connectivity index (χ0v) is 15.0. The second-order valence-corrected chi connectivity index (χ2v) is 6.67. The zero-order valence-electron chi connectivity index (χ0n) is 15.0. The van der Waals surface area contributed by atoms with Crippen molar-refractivity contribution in [3.05, 3.63) is 108 Å². The third-order valence-electron chi connectivity index (χ3n) is 4.92. The van der Waals surface area contributed by atoms with E-state index in [1.54, 1.807) is 16.8 Å². The van der Waals surface area contributed by atoms with Gasteiger partial charge in [-0.3, -0.25) is 0 Å². The van der Waals surface area contributed by atoms with Crippen LogP contribution in [0, 0.1) is 5.82 Å². The first-order valence-electron chi connectivity index (χ1n) is 9.07. The molecule has 0 unspecified atom stereocenters. The molecule has 0 radical (unpaired) electrons.